The molecule has 0 spiro atoms. The third-order valence-electron chi connectivity index (χ3n) is 2.90. The molecule has 0 saturated heterocycles. The molecule has 5 heteroatoms. The highest BCUT2D eigenvalue weighted by Gasteiger charge is 2.14. The fourth-order valence-corrected chi connectivity index (χ4v) is 1.82. The predicted octanol–water partition coefficient (Wildman–Crippen LogP) is 2.04. The van der Waals surface area contributed by atoms with Gasteiger partial charge in [-0.25, -0.2) is 4.79 Å². The van der Waals surface area contributed by atoms with Crippen LogP contribution in [0.1, 0.15) is 24.2 Å². The van der Waals surface area contributed by atoms with Crippen molar-refractivity contribution in [1.29, 1.82) is 5.26 Å². The molecule has 5 nitrogen and oxygen atoms in total. The lowest BCUT2D eigenvalue weighted by molar-refractivity contribution is 0.0602. The number of nitrogens with two attached hydrogens (primary N) is 1. The summed E-state index contributed by atoms with van der Waals surface area (Å²) in [5, 5.41) is 8.88. The number of nitrogen functional groups attached to an aromatic ring is 1. The molecule has 19 heavy (non-hydrogen) atoms. The van der Waals surface area contributed by atoms with E-state index < -0.39 is 5.97 Å². The zero-order valence-corrected chi connectivity index (χ0v) is 11.5. The van der Waals surface area contributed by atoms with E-state index >= 15 is 0 Å². The summed E-state index contributed by atoms with van der Waals surface area (Å²) in [6, 6.07) is 7.43. The molecule has 0 aliphatic rings. The van der Waals surface area contributed by atoms with Crippen molar-refractivity contribution in [1.82, 2.24) is 0 Å². The molecule has 1 rings (SSSR count). The van der Waals surface area contributed by atoms with E-state index in [0.717, 1.165) is 12.2 Å². The highest BCUT2D eigenvalue weighted by molar-refractivity contribution is 5.96. The quantitative estimate of drug-likeness (QED) is 0.648. The number of esters is 1. The molecule has 0 heterocycles. The summed E-state index contributed by atoms with van der Waals surface area (Å²) in [7, 11) is 1.32. The first-order valence-electron chi connectivity index (χ1n) is 6.15. The summed E-state index contributed by atoms with van der Waals surface area (Å²) >= 11 is 0. The second-order valence-electron chi connectivity index (χ2n) is 4.33. The molecule has 1 atom stereocenters. The summed E-state index contributed by atoms with van der Waals surface area (Å²) in [5.41, 5.74) is 7.36. The van der Waals surface area contributed by atoms with Gasteiger partial charge in [-0.1, -0.05) is 0 Å². The summed E-state index contributed by atoms with van der Waals surface area (Å²) in [5.74, 6) is -0.539. The fraction of sp³-hybridized carbons (Fsp3) is 0.429. The van der Waals surface area contributed by atoms with Gasteiger partial charge in [-0.3, -0.25) is 0 Å². The Bertz CT molecular complexity index is 494. The van der Waals surface area contributed by atoms with Crippen molar-refractivity contribution in [3.05, 3.63) is 23.8 Å². The normalized spacial score (nSPS) is 11.5. The van der Waals surface area contributed by atoms with Crippen molar-refractivity contribution >= 4 is 17.3 Å². The van der Waals surface area contributed by atoms with Gasteiger partial charge in [0.1, 0.15) is 0 Å². The topological polar surface area (TPSA) is 79.4 Å². The van der Waals surface area contributed by atoms with Crippen molar-refractivity contribution in [3.63, 3.8) is 0 Å². The lowest BCUT2D eigenvalue weighted by Gasteiger charge is -2.24. The zero-order valence-electron chi connectivity index (χ0n) is 11.5. The summed E-state index contributed by atoms with van der Waals surface area (Å²) < 4.78 is 4.70. The Kier molecular flexibility index (Phi) is 5.19. The lowest BCUT2D eigenvalue weighted by Crippen LogP contribution is -2.28. The van der Waals surface area contributed by atoms with Gasteiger partial charge in [-0.15, -0.1) is 0 Å². The van der Waals surface area contributed by atoms with Crippen LogP contribution in [0.5, 0.6) is 0 Å². The van der Waals surface area contributed by atoms with Gasteiger partial charge < -0.3 is 15.4 Å². The number of hydrogen-bond donors (Lipinski definition) is 1. The number of rotatable bonds is 5. The number of methoxy groups -OCH3 is 1. The van der Waals surface area contributed by atoms with Gasteiger partial charge in [0.25, 0.3) is 0 Å². The van der Waals surface area contributed by atoms with E-state index in [1.807, 2.05) is 24.8 Å². The van der Waals surface area contributed by atoms with Crippen LogP contribution in [0.4, 0.5) is 11.4 Å². The average Bonchev–Trinajstić information content (AvgIpc) is 2.44. The highest BCUT2D eigenvalue weighted by atomic mass is 16.5. The summed E-state index contributed by atoms with van der Waals surface area (Å²) in [6.45, 7) is 5.22. The minimum absolute atomic E-state index is 0.0842. The number of hydrogen-bond acceptors (Lipinski definition) is 5. The first kappa shape index (κ1) is 14.8. The van der Waals surface area contributed by atoms with Crippen LogP contribution in [0.15, 0.2) is 18.2 Å². The Morgan fingerprint density at radius 2 is 2.26 bits per heavy atom. The van der Waals surface area contributed by atoms with Gasteiger partial charge in [0.2, 0.25) is 0 Å². The molecule has 1 aromatic carbocycles. The third-order valence-corrected chi connectivity index (χ3v) is 2.90. The van der Waals surface area contributed by atoms with E-state index in [2.05, 4.69) is 6.07 Å². The Morgan fingerprint density at radius 3 is 2.79 bits per heavy atom. The predicted molar refractivity (Wildman–Crippen MR) is 74.9 cm³/mol. The average molecular weight is 261 g/mol. The van der Waals surface area contributed by atoms with Crippen molar-refractivity contribution in [2.24, 2.45) is 5.92 Å². The number of carbonyl (C=O) groups is 1. The van der Waals surface area contributed by atoms with E-state index in [1.54, 1.807) is 12.1 Å². The van der Waals surface area contributed by atoms with Crippen LogP contribution in [-0.4, -0.2) is 26.2 Å². The van der Waals surface area contributed by atoms with E-state index in [0.29, 0.717) is 17.8 Å². The zero-order chi connectivity index (χ0) is 14.4. The molecule has 0 bridgehead atoms. The fourth-order valence-electron chi connectivity index (χ4n) is 1.82. The molecule has 102 valence electrons. The van der Waals surface area contributed by atoms with Crippen LogP contribution in [0.25, 0.3) is 0 Å². The van der Waals surface area contributed by atoms with E-state index in [4.69, 9.17) is 15.7 Å². The number of nitrogens with zero attached hydrogens (tertiary/aromatic N) is 2. The van der Waals surface area contributed by atoms with Gasteiger partial charge in [0, 0.05) is 24.5 Å². The largest absolute Gasteiger partial charge is 0.465 e. The van der Waals surface area contributed by atoms with E-state index in [1.165, 1.54) is 7.11 Å². The van der Waals surface area contributed by atoms with Gasteiger partial charge in [0.15, 0.2) is 0 Å². The maximum Gasteiger partial charge on any atom is 0.340 e. The van der Waals surface area contributed by atoms with Gasteiger partial charge >= 0.3 is 5.97 Å². The minimum Gasteiger partial charge on any atom is -0.465 e. The number of ether oxygens (including phenoxy) is 1. The van der Waals surface area contributed by atoms with Crippen molar-refractivity contribution in [2.75, 3.05) is 30.8 Å². The monoisotopic (exact) mass is 261 g/mol. The third kappa shape index (κ3) is 3.62. The number of nitriles is 1. The molecular weight excluding hydrogens is 242 g/mol. The maximum absolute atomic E-state index is 11.6. The summed E-state index contributed by atoms with van der Waals surface area (Å²) in [6.07, 6.45) is 0. The van der Waals surface area contributed by atoms with Crippen LogP contribution in [-0.2, 0) is 4.74 Å². The van der Waals surface area contributed by atoms with Crippen LogP contribution in [0, 0.1) is 17.2 Å². The van der Waals surface area contributed by atoms with Crippen molar-refractivity contribution in [3.8, 4) is 6.07 Å². The van der Waals surface area contributed by atoms with Crippen LogP contribution in [0.2, 0.25) is 0 Å². The van der Waals surface area contributed by atoms with Crippen LogP contribution in [0.3, 0.4) is 0 Å². The molecule has 0 amide bonds. The second kappa shape index (κ2) is 6.64. The molecule has 0 aliphatic heterocycles. The minimum atomic E-state index is -0.455. The van der Waals surface area contributed by atoms with E-state index in [9.17, 15) is 4.79 Å². The Balaban J connectivity index is 3.06. The maximum atomic E-state index is 11.6. The molecule has 0 fully saturated rings. The number of carbonyl (C=O) groups excluding carboxylic acids is 1. The Labute approximate surface area is 113 Å². The standard InChI is InChI=1S/C14H19N3O2/c1-4-17(9-10(2)8-15)11-5-6-13(16)12(7-11)14(18)19-3/h5-7,10H,4,9,16H2,1-3H3. The van der Waals surface area contributed by atoms with Gasteiger partial charge in [-0.2, -0.15) is 5.26 Å². The molecule has 1 unspecified atom stereocenters. The first-order valence-corrected chi connectivity index (χ1v) is 6.15. The molecule has 2 N–H and O–H groups in total. The van der Waals surface area contributed by atoms with Gasteiger partial charge in [-0.05, 0) is 32.0 Å². The molecular formula is C14H19N3O2. The summed E-state index contributed by atoms with van der Waals surface area (Å²) in [4.78, 5) is 13.6. The van der Waals surface area contributed by atoms with Crippen molar-refractivity contribution < 1.29 is 9.53 Å². The highest BCUT2D eigenvalue weighted by Crippen LogP contribution is 2.22. The van der Waals surface area contributed by atoms with Crippen LogP contribution >= 0.6 is 0 Å². The Hall–Kier alpha value is -2.22. The number of anilines is 2. The first-order chi connectivity index (χ1) is 9.03. The second-order valence-corrected chi connectivity index (χ2v) is 4.33. The number of benzene rings is 1. The molecule has 0 radical (unpaired) electrons. The van der Waals surface area contributed by atoms with Gasteiger partial charge in [0.05, 0.1) is 24.7 Å². The molecule has 0 aromatic heterocycles. The smallest absolute Gasteiger partial charge is 0.340 e. The van der Waals surface area contributed by atoms with E-state index in [-0.39, 0.29) is 5.92 Å². The Morgan fingerprint density at radius 1 is 1.58 bits per heavy atom. The van der Waals surface area contributed by atoms with Crippen molar-refractivity contribution in [2.45, 2.75) is 13.8 Å². The molecule has 1 aromatic rings. The molecule has 0 saturated carbocycles. The molecule has 0 aliphatic carbocycles. The SMILES string of the molecule is CCN(CC(C)C#N)c1ccc(N)c(C(=O)OC)c1. The van der Waals surface area contributed by atoms with Crippen LogP contribution < -0.4 is 10.6 Å². The lowest BCUT2D eigenvalue weighted by atomic mass is 10.1.